The number of ether oxygens (including phenoxy) is 1. The van der Waals surface area contributed by atoms with Gasteiger partial charge >= 0.3 is 0 Å². The molecule has 1 fully saturated rings. The first kappa shape index (κ1) is 14.3. The summed E-state index contributed by atoms with van der Waals surface area (Å²) in [6, 6.07) is 5.30. The summed E-state index contributed by atoms with van der Waals surface area (Å²) >= 11 is 0. The van der Waals surface area contributed by atoms with E-state index in [9.17, 15) is 0 Å². The predicted octanol–water partition coefficient (Wildman–Crippen LogP) is 2.05. The molecular formula is C15H25N3O. The number of hydrogen-bond donors (Lipinski definition) is 1. The summed E-state index contributed by atoms with van der Waals surface area (Å²) in [5.74, 6) is 0.675. The molecule has 1 saturated heterocycles. The molecule has 0 aromatic carbocycles. The number of pyridine rings is 1. The molecule has 1 aliphatic rings. The maximum absolute atomic E-state index is 5.06. The molecule has 2 rings (SSSR count). The van der Waals surface area contributed by atoms with Crippen LogP contribution in [-0.2, 0) is 6.54 Å². The monoisotopic (exact) mass is 263 g/mol. The van der Waals surface area contributed by atoms with Crippen molar-refractivity contribution in [1.29, 1.82) is 0 Å². The highest BCUT2D eigenvalue weighted by Gasteiger charge is 2.20. The van der Waals surface area contributed by atoms with Crippen molar-refractivity contribution in [3.05, 3.63) is 23.9 Å². The van der Waals surface area contributed by atoms with Crippen LogP contribution in [0.3, 0.4) is 0 Å². The second-order valence-electron chi connectivity index (χ2n) is 5.49. The lowest BCUT2D eigenvalue weighted by Gasteiger charge is -2.35. The van der Waals surface area contributed by atoms with Crippen molar-refractivity contribution in [2.45, 2.75) is 45.3 Å². The van der Waals surface area contributed by atoms with Gasteiger partial charge in [0.25, 0.3) is 0 Å². The van der Waals surface area contributed by atoms with E-state index in [2.05, 4.69) is 35.1 Å². The summed E-state index contributed by atoms with van der Waals surface area (Å²) in [6.45, 7) is 7.85. The second kappa shape index (κ2) is 6.87. The van der Waals surface area contributed by atoms with Gasteiger partial charge in [-0.05, 0) is 45.3 Å². The molecule has 1 aliphatic heterocycles. The number of methoxy groups -OCH3 is 1. The predicted molar refractivity (Wildman–Crippen MR) is 77.4 cm³/mol. The van der Waals surface area contributed by atoms with Crippen LogP contribution < -0.4 is 10.1 Å². The smallest absolute Gasteiger partial charge is 0.212 e. The van der Waals surface area contributed by atoms with Crippen molar-refractivity contribution < 1.29 is 4.74 Å². The van der Waals surface area contributed by atoms with E-state index >= 15 is 0 Å². The van der Waals surface area contributed by atoms with Gasteiger partial charge in [0, 0.05) is 30.9 Å². The Bertz CT molecular complexity index is 369. The zero-order chi connectivity index (χ0) is 13.7. The van der Waals surface area contributed by atoms with Crippen molar-refractivity contribution in [2.75, 3.05) is 20.2 Å². The number of hydrogen-bond acceptors (Lipinski definition) is 4. The largest absolute Gasteiger partial charge is 0.481 e. The molecule has 1 N–H and O–H groups in total. The zero-order valence-corrected chi connectivity index (χ0v) is 12.2. The number of aromatic nitrogens is 1. The summed E-state index contributed by atoms with van der Waals surface area (Å²) in [4.78, 5) is 6.77. The molecule has 0 spiro atoms. The van der Waals surface area contributed by atoms with E-state index in [-0.39, 0.29) is 0 Å². The van der Waals surface area contributed by atoms with E-state index in [0.717, 1.165) is 6.54 Å². The van der Waals surface area contributed by atoms with Gasteiger partial charge in [-0.25, -0.2) is 4.98 Å². The zero-order valence-electron chi connectivity index (χ0n) is 12.2. The maximum atomic E-state index is 5.06. The third-order valence-corrected chi connectivity index (χ3v) is 3.86. The van der Waals surface area contributed by atoms with Crippen LogP contribution in [0, 0.1) is 0 Å². The fourth-order valence-corrected chi connectivity index (χ4v) is 2.52. The highest BCUT2D eigenvalue weighted by Crippen LogP contribution is 2.14. The fraction of sp³-hybridized carbons (Fsp3) is 0.667. The number of piperidine rings is 1. The molecule has 106 valence electrons. The van der Waals surface area contributed by atoms with Crippen LogP contribution in [0.15, 0.2) is 18.3 Å². The molecule has 19 heavy (non-hydrogen) atoms. The average molecular weight is 263 g/mol. The fourth-order valence-electron chi connectivity index (χ4n) is 2.52. The standard InChI is InChI=1S/C15H25N3O/c1-12(2)18-8-6-14(7-9-18)16-10-13-4-5-15(19-3)17-11-13/h4-5,11-12,14,16H,6-10H2,1-3H3. The molecule has 4 heteroatoms. The number of nitrogens with one attached hydrogen (secondary N) is 1. The molecule has 1 aromatic rings. The third-order valence-electron chi connectivity index (χ3n) is 3.86. The Morgan fingerprint density at radius 3 is 2.63 bits per heavy atom. The summed E-state index contributed by atoms with van der Waals surface area (Å²) in [5.41, 5.74) is 1.21. The van der Waals surface area contributed by atoms with E-state index in [4.69, 9.17) is 4.74 Å². The first-order valence-electron chi connectivity index (χ1n) is 7.15. The lowest BCUT2D eigenvalue weighted by molar-refractivity contribution is 0.161. The van der Waals surface area contributed by atoms with E-state index in [0.29, 0.717) is 18.0 Å². The van der Waals surface area contributed by atoms with Crippen LogP contribution in [-0.4, -0.2) is 42.2 Å². The average Bonchev–Trinajstić information content (AvgIpc) is 2.46. The molecule has 0 bridgehead atoms. The molecule has 0 saturated carbocycles. The van der Waals surface area contributed by atoms with Gasteiger partial charge in [-0.2, -0.15) is 0 Å². The van der Waals surface area contributed by atoms with Crippen molar-refractivity contribution >= 4 is 0 Å². The van der Waals surface area contributed by atoms with Crippen molar-refractivity contribution in [1.82, 2.24) is 15.2 Å². The Labute approximate surface area is 116 Å². The van der Waals surface area contributed by atoms with E-state index in [1.54, 1.807) is 7.11 Å². The molecule has 0 radical (unpaired) electrons. The van der Waals surface area contributed by atoms with Gasteiger partial charge < -0.3 is 15.0 Å². The van der Waals surface area contributed by atoms with Gasteiger partial charge in [-0.1, -0.05) is 6.07 Å². The van der Waals surface area contributed by atoms with Crippen molar-refractivity contribution in [2.24, 2.45) is 0 Å². The third kappa shape index (κ3) is 4.18. The Morgan fingerprint density at radius 1 is 1.37 bits per heavy atom. The SMILES string of the molecule is COc1ccc(CNC2CCN(C(C)C)CC2)cn1. The first-order chi connectivity index (χ1) is 9.19. The van der Waals surface area contributed by atoms with Gasteiger partial charge in [-0.15, -0.1) is 0 Å². The van der Waals surface area contributed by atoms with Crippen molar-refractivity contribution in [3.63, 3.8) is 0 Å². The topological polar surface area (TPSA) is 37.4 Å². The summed E-state index contributed by atoms with van der Waals surface area (Å²) in [7, 11) is 1.64. The van der Waals surface area contributed by atoms with Crippen LogP contribution in [0.2, 0.25) is 0 Å². The normalized spacial score (nSPS) is 17.9. The second-order valence-corrected chi connectivity index (χ2v) is 5.49. The Hall–Kier alpha value is -1.13. The van der Waals surface area contributed by atoms with Gasteiger partial charge in [0.2, 0.25) is 5.88 Å². The Morgan fingerprint density at radius 2 is 2.11 bits per heavy atom. The van der Waals surface area contributed by atoms with Crippen LogP contribution in [0.4, 0.5) is 0 Å². The lowest BCUT2D eigenvalue weighted by Crippen LogP contribution is -2.44. The number of nitrogens with zero attached hydrogens (tertiary/aromatic N) is 2. The van der Waals surface area contributed by atoms with Crippen LogP contribution >= 0.6 is 0 Å². The molecule has 1 aromatic heterocycles. The van der Waals surface area contributed by atoms with Gasteiger partial charge in [0.15, 0.2) is 0 Å². The summed E-state index contributed by atoms with van der Waals surface area (Å²) in [5, 5.41) is 3.63. The van der Waals surface area contributed by atoms with E-state index in [1.165, 1.54) is 31.5 Å². The Balaban J connectivity index is 1.74. The minimum absolute atomic E-state index is 0.636. The van der Waals surface area contributed by atoms with Gasteiger partial charge in [0.05, 0.1) is 7.11 Å². The minimum atomic E-state index is 0.636. The molecule has 0 amide bonds. The maximum Gasteiger partial charge on any atom is 0.212 e. The van der Waals surface area contributed by atoms with Crippen LogP contribution in [0.5, 0.6) is 5.88 Å². The van der Waals surface area contributed by atoms with E-state index < -0.39 is 0 Å². The highest BCUT2D eigenvalue weighted by molar-refractivity contribution is 5.17. The Kier molecular flexibility index (Phi) is 5.16. The van der Waals surface area contributed by atoms with Crippen LogP contribution in [0.25, 0.3) is 0 Å². The summed E-state index contributed by atoms with van der Waals surface area (Å²) < 4.78 is 5.06. The number of likely N-dealkylation sites (tertiary alicyclic amines) is 1. The van der Waals surface area contributed by atoms with E-state index in [1.807, 2.05) is 12.3 Å². The van der Waals surface area contributed by atoms with Gasteiger partial charge in [-0.3, -0.25) is 0 Å². The quantitative estimate of drug-likeness (QED) is 0.882. The number of rotatable bonds is 5. The molecule has 4 nitrogen and oxygen atoms in total. The first-order valence-corrected chi connectivity index (χ1v) is 7.15. The molecular weight excluding hydrogens is 238 g/mol. The molecule has 2 heterocycles. The summed E-state index contributed by atoms with van der Waals surface area (Å²) in [6.07, 6.45) is 4.36. The van der Waals surface area contributed by atoms with Crippen molar-refractivity contribution in [3.8, 4) is 5.88 Å². The lowest BCUT2D eigenvalue weighted by atomic mass is 10.0. The van der Waals surface area contributed by atoms with Crippen LogP contribution in [0.1, 0.15) is 32.3 Å². The van der Waals surface area contributed by atoms with Gasteiger partial charge in [0.1, 0.15) is 0 Å². The minimum Gasteiger partial charge on any atom is -0.481 e. The molecule has 0 unspecified atom stereocenters. The molecule has 0 aliphatic carbocycles. The molecule has 0 atom stereocenters. The highest BCUT2D eigenvalue weighted by atomic mass is 16.5.